The van der Waals surface area contributed by atoms with Crippen LogP contribution in [-0.2, 0) is 6.54 Å². The second kappa shape index (κ2) is 3.99. The van der Waals surface area contributed by atoms with Gasteiger partial charge in [0.05, 0.1) is 11.0 Å². The molecule has 0 spiro atoms. The lowest BCUT2D eigenvalue weighted by atomic mass is 10.3. The summed E-state index contributed by atoms with van der Waals surface area (Å²) in [7, 11) is 0. The van der Waals surface area contributed by atoms with E-state index in [9.17, 15) is 0 Å². The maximum absolute atomic E-state index is 5.96. The summed E-state index contributed by atoms with van der Waals surface area (Å²) < 4.78 is 6.60. The maximum Gasteiger partial charge on any atom is 0.199 e. The maximum atomic E-state index is 5.96. The molecule has 0 aliphatic rings. The van der Waals surface area contributed by atoms with Gasteiger partial charge in [0.15, 0.2) is 17.3 Å². The number of halogens is 1. The number of nitrogens with zero attached hydrogens (tertiary/aromatic N) is 4. The molecule has 1 aromatic carbocycles. The van der Waals surface area contributed by atoms with Gasteiger partial charge >= 0.3 is 0 Å². The Kier molecular flexibility index (Phi) is 2.45. The van der Waals surface area contributed by atoms with Gasteiger partial charge in [0.2, 0.25) is 0 Å². The van der Waals surface area contributed by atoms with E-state index < -0.39 is 0 Å². The quantitative estimate of drug-likeness (QED) is 0.767. The number of hydrogen-bond acceptors (Lipinski definition) is 5. The number of nitrogens with two attached hydrogens (primary N) is 1. The second-order valence-corrected chi connectivity index (χ2v) is 4.25. The molecule has 0 fully saturated rings. The summed E-state index contributed by atoms with van der Waals surface area (Å²) in [5.74, 6) is 0.861. The molecule has 0 saturated heterocycles. The van der Waals surface area contributed by atoms with Gasteiger partial charge in [-0.3, -0.25) is 0 Å². The van der Waals surface area contributed by atoms with Gasteiger partial charge in [0.1, 0.15) is 0 Å². The van der Waals surface area contributed by atoms with E-state index >= 15 is 0 Å². The highest BCUT2D eigenvalue weighted by atomic mass is 35.5. The third-order valence-corrected chi connectivity index (χ3v) is 2.99. The van der Waals surface area contributed by atoms with Gasteiger partial charge in [-0.25, -0.2) is 9.61 Å². The van der Waals surface area contributed by atoms with Crippen molar-refractivity contribution in [2.45, 2.75) is 13.5 Å². The topological polar surface area (TPSA) is 82.8 Å². The van der Waals surface area contributed by atoms with Gasteiger partial charge in [-0.15, -0.1) is 0 Å². The molecule has 3 aromatic rings. The number of rotatable bonds is 2. The first-order valence-electron chi connectivity index (χ1n) is 5.45. The van der Waals surface area contributed by atoms with Crippen molar-refractivity contribution in [1.29, 1.82) is 0 Å². The highest BCUT2D eigenvalue weighted by Gasteiger charge is 2.18. The first-order chi connectivity index (χ1) is 8.70. The van der Waals surface area contributed by atoms with E-state index in [0.29, 0.717) is 16.5 Å². The van der Waals surface area contributed by atoms with E-state index in [1.807, 2.05) is 23.6 Å². The second-order valence-electron chi connectivity index (χ2n) is 3.81. The van der Waals surface area contributed by atoms with Crippen LogP contribution in [0.2, 0.25) is 5.02 Å². The van der Waals surface area contributed by atoms with E-state index in [2.05, 4.69) is 19.9 Å². The molecule has 2 N–H and O–H groups in total. The van der Waals surface area contributed by atoms with E-state index in [1.54, 1.807) is 6.07 Å². The first-order valence-corrected chi connectivity index (χ1v) is 5.82. The molecule has 0 aliphatic carbocycles. The zero-order valence-electron chi connectivity index (χ0n) is 9.59. The first kappa shape index (κ1) is 11.0. The van der Waals surface area contributed by atoms with Gasteiger partial charge in [0.25, 0.3) is 0 Å². The van der Waals surface area contributed by atoms with Crippen molar-refractivity contribution in [3.05, 3.63) is 23.2 Å². The molecule has 0 unspecified atom stereocenters. The third-order valence-electron chi connectivity index (χ3n) is 2.75. The van der Waals surface area contributed by atoms with Crippen LogP contribution in [0.3, 0.4) is 0 Å². The van der Waals surface area contributed by atoms with Crippen LogP contribution in [0.15, 0.2) is 22.8 Å². The molecular formula is C11H10ClN5O. The summed E-state index contributed by atoms with van der Waals surface area (Å²) in [6, 6.07) is 5.55. The molecule has 0 amide bonds. The molecular weight excluding hydrogens is 254 g/mol. The Morgan fingerprint density at radius 3 is 2.89 bits per heavy atom. The minimum atomic E-state index is 0.228. The van der Waals surface area contributed by atoms with Crippen molar-refractivity contribution in [2.75, 3.05) is 5.73 Å². The summed E-state index contributed by atoms with van der Waals surface area (Å²) in [5.41, 5.74) is 7.91. The fourth-order valence-corrected chi connectivity index (χ4v) is 2.12. The van der Waals surface area contributed by atoms with Crippen LogP contribution in [-0.4, -0.2) is 19.9 Å². The fraction of sp³-hybridized carbons (Fsp3) is 0.182. The van der Waals surface area contributed by atoms with Crippen LogP contribution < -0.4 is 5.73 Å². The predicted octanol–water partition coefficient (Wildman–Crippen LogP) is 2.34. The van der Waals surface area contributed by atoms with Crippen LogP contribution in [0.25, 0.3) is 22.6 Å². The largest absolute Gasteiger partial charge is 0.379 e. The Morgan fingerprint density at radius 2 is 2.22 bits per heavy atom. The number of aryl methyl sites for hydroxylation is 1. The smallest absolute Gasteiger partial charge is 0.199 e. The van der Waals surface area contributed by atoms with Crippen molar-refractivity contribution in [2.24, 2.45) is 0 Å². The van der Waals surface area contributed by atoms with Crippen LogP contribution in [0.1, 0.15) is 6.92 Å². The van der Waals surface area contributed by atoms with Gasteiger partial charge < -0.3 is 10.3 Å². The van der Waals surface area contributed by atoms with Crippen molar-refractivity contribution >= 4 is 28.5 Å². The Morgan fingerprint density at radius 1 is 1.39 bits per heavy atom. The third kappa shape index (κ3) is 1.53. The van der Waals surface area contributed by atoms with Crippen molar-refractivity contribution in [3.8, 4) is 11.5 Å². The lowest BCUT2D eigenvalue weighted by molar-refractivity contribution is 0.310. The molecule has 0 aliphatic heterocycles. The highest BCUT2D eigenvalue weighted by Crippen LogP contribution is 2.27. The molecule has 0 bridgehead atoms. The van der Waals surface area contributed by atoms with Crippen LogP contribution in [0.5, 0.6) is 0 Å². The summed E-state index contributed by atoms with van der Waals surface area (Å²) in [4.78, 5) is 4.48. The van der Waals surface area contributed by atoms with Gasteiger partial charge in [-0.1, -0.05) is 11.6 Å². The van der Waals surface area contributed by atoms with E-state index in [0.717, 1.165) is 17.6 Å². The summed E-state index contributed by atoms with van der Waals surface area (Å²) in [5, 5.41) is 7.99. The predicted molar refractivity (Wildman–Crippen MR) is 68.1 cm³/mol. The lowest BCUT2D eigenvalue weighted by Gasteiger charge is -2.02. The molecule has 18 heavy (non-hydrogen) atoms. The standard InChI is InChI=1S/C11H10ClN5O/c1-2-17-8-4-3-6(12)5-7(8)14-11(17)9-10(13)16-18-15-9/h3-5H,2H2,1H3,(H2,13,16). The van der Waals surface area contributed by atoms with E-state index in [1.165, 1.54) is 0 Å². The minimum Gasteiger partial charge on any atom is -0.379 e. The SMILES string of the molecule is CCn1c(-c2nonc2N)nc2cc(Cl)ccc21. The zero-order chi connectivity index (χ0) is 12.7. The lowest BCUT2D eigenvalue weighted by Crippen LogP contribution is -1.99. The van der Waals surface area contributed by atoms with E-state index in [4.69, 9.17) is 17.3 Å². The molecule has 0 atom stereocenters. The normalized spacial score (nSPS) is 11.2. The molecule has 0 radical (unpaired) electrons. The van der Waals surface area contributed by atoms with Crippen LogP contribution in [0.4, 0.5) is 5.82 Å². The molecule has 2 heterocycles. The Bertz CT molecular complexity index is 717. The van der Waals surface area contributed by atoms with Gasteiger partial charge in [-0.2, -0.15) is 0 Å². The van der Waals surface area contributed by atoms with E-state index in [-0.39, 0.29) is 5.82 Å². The molecule has 0 saturated carbocycles. The zero-order valence-corrected chi connectivity index (χ0v) is 10.3. The average molecular weight is 264 g/mol. The Labute approximate surface area is 107 Å². The van der Waals surface area contributed by atoms with Crippen molar-refractivity contribution in [3.63, 3.8) is 0 Å². The monoisotopic (exact) mass is 263 g/mol. The fourth-order valence-electron chi connectivity index (χ4n) is 1.95. The van der Waals surface area contributed by atoms with Gasteiger partial charge in [-0.05, 0) is 35.4 Å². The number of hydrogen-bond donors (Lipinski definition) is 1. The highest BCUT2D eigenvalue weighted by molar-refractivity contribution is 6.31. The minimum absolute atomic E-state index is 0.228. The molecule has 92 valence electrons. The Balaban J connectivity index is 2.32. The number of anilines is 1. The van der Waals surface area contributed by atoms with Crippen LogP contribution in [0, 0.1) is 0 Å². The average Bonchev–Trinajstić information content (AvgIpc) is 2.91. The number of aromatic nitrogens is 4. The number of fused-ring (bicyclic) bond motifs is 1. The van der Waals surface area contributed by atoms with Crippen LogP contribution >= 0.6 is 11.6 Å². The summed E-state index contributed by atoms with van der Waals surface area (Å²) >= 11 is 5.96. The Hall–Kier alpha value is -2.08. The number of nitrogen functional groups attached to an aromatic ring is 1. The molecule has 7 heteroatoms. The number of benzene rings is 1. The van der Waals surface area contributed by atoms with Crippen molar-refractivity contribution < 1.29 is 4.63 Å². The van der Waals surface area contributed by atoms with Gasteiger partial charge in [0, 0.05) is 11.6 Å². The number of imidazole rings is 1. The molecule has 6 nitrogen and oxygen atoms in total. The molecule has 3 rings (SSSR count). The van der Waals surface area contributed by atoms with Crippen molar-refractivity contribution in [1.82, 2.24) is 19.9 Å². The summed E-state index contributed by atoms with van der Waals surface area (Å²) in [6.45, 7) is 2.75. The summed E-state index contributed by atoms with van der Waals surface area (Å²) in [6.07, 6.45) is 0. The molecule has 2 aromatic heterocycles.